The van der Waals surface area contributed by atoms with Crippen LogP contribution in [0.15, 0.2) is 6.33 Å². The van der Waals surface area contributed by atoms with Gasteiger partial charge in [0.25, 0.3) is 0 Å². The zero-order valence-corrected chi connectivity index (χ0v) is 10.4. The summed E-state index contributed by atoms with van der Waals surface area (Å²) in [7, 11) is 0. The normalized spacial score (nSPS) is 29.7. The third-order valence-corrected chi connectivity index (χ3v) is 4.31. The molecule has 1 amide bonds. The molecule has 2 bridgehead atoms. The van der Waals surface area contributed by atoms with Crippen molar-refractivity contribution in [3.8, 4) is 0 Å². The molecule has 0 aromatic carbocycles. The summed E-state index contributed by atoms with van der Waals surface area (Å²) in [4.78, 5) is 15.5. The van der Waals surface area contributed by atoms with Gasteiger partial charge in [-0.1, -0.05) is 6.42 Å². The molecule has 6 nitrogen and oxygen atoms in total. The van der Waals surface area contributed by atoms with Crippen molar-refractivity contribution in [2.45, 2.75) is 32.2 Å². The summed E-state index contributed by atoms with van der Waals surface area (Å²) in [6, 6.07) is 0. The van der Waals surface area contributed by atoms with Crippen molar-refractivity contribution in [3.05, 3.63) is 6.33 Å². The minimum atomic E-state index is -0.0114. The van der Waals surface area contributed by atoms with Gasteiger partial charge in [0.1, 0.15) is 12.9 Å². The molecule has 0 radical (unpaired) electrons. The van der Waals surface area contributed by atoms with Crippen molar-refractivity contribution < 1.29 is 4.79 Å². The highest BCUT2D eigenvalue weighted by atomic mass is 16.2. The molecule has 3 rings (SSSR count). The average Bonchev–Trinajstić information content (AvgIpc) is 3.03. The fourth-order valence-corrected chi connectivity index (χ4v) is 3.46. The van der Waals surface area contributed by atoms with Gasteiger partial charge in [-0.05, 0) is 37.0 Å². The first-order chi connectivity index (χ1) is 8.70. The van der Waals surface area contributed by atoms with Crippen molar-refractivity contribution in [2.24, 2.45) is 17.8 Å². The van der Waals surface area contributed by atoms with Crippen LogP contribution in [-0.2, 0) is 11.3 Å². The molecule has 2 saturated carbocycles. The Hall–Kier alpha value is -1.59. The van der Waals surface area contributed by atoms with Gasteiger partial charge in [0, 0.05) is 6.54 Å². The Morgan fingerprint density at radius 2 is 2.39 bits per heavy atom. The monoisotopic (exact) mass is 249 g/mol. The van der Waals surface area contributed by atoms with Crippen LogP contribution in [0.2, 0.25) is 0 Å². The quantitative estimate of drug-likeness (QED) is 0.809. The van der Waals surface area contributed by atoms with Gasteiger partial charge in [-0.25, -0.2) is 9.67 Å². The Labute approximate surface area is 106 Å². The third kappa shape index (κ3) is 2.32. The van der Waals surface area contributed by atoms with Crippen molar-refractivity contribution in [1.82, 2.24) is 20.1 Å². The van der Waals surface area contributed by atoms with Crippen molar-refractivity contribution >= 4 is 11.9 Å². The van der Waals surface area contributed by atoms with Crippen LogP contribution in [0.1, 0.15) is 25.7 Å². The van der Waals surface area contributed by atoms with E-state index in [0.717, 1.165) is 18.4 Å². The number of fused-ring (bicyclic) bond motifs is 2. The van der Waals surface area contributed by atoms with Crippen LogP contribution in [0.5, 0.6) is 0 Å². The number of aromatic nitrogens is 3. The van der Waals surface area contributed by atoms with Crippen molar-refractivity contribution in [3.63, 3.8) is 0 Å². The van der Waals surface area contributed by atoms with E-state index in [-0.39, 0.29) is 18.4 Å². The van der Waals surface area contributed by atoms with Gasteiger partial charge >= 0.3 is 0 Å². The highest BCUT2D eigenvalue weighted by Crippen LogP contribution is 2.47. The number of amides is 1. The summed E-state index contributed by atoms with van der Waals surface area (Å²) in [6.45, 7) is 1.01. The molecule has 6 heteroatoms. The summed E-state index contributed by atoms with van der Waals surface area (Å²) >= 11 is 0. The lowest BCUT2D eigenvalue weighted by Gasteiger charge is -2.21. The number of nitrogens with two attached hydrogens (primary N) is 1. The molecule has 1 aromatic rings. The summed E-state index contributed by atoms with van der Waals surface area (Å²) in [5.41, 5.74) is 5.39. The number of rotatable bonds is 4. The maximum Gasteiger partial charge on any atom is 0.241 e. The third-order valence-electron chi connectivity index (χ3n) is 4.31. The van der Waals surface area contributed by atoms with Crippen molar-refractivity contribution in [1.29, 1.82) is 0 Å². The molecule has 3 unspecified atom stereocenters. The highest BCUT2D eigenvalue weighted by Gasteiger charge is 2.39. The van der Waals surface area contributed by atoms with Crippen LogP contribution in [0.25, 0.3) is 0 Å². The first kappa shape index (κ1) is 11.5. The maximum atomic E-state index is 11.7. The Morgan fingerprint density at radius 3 is 3.00 bits per heavy atom. The zero-order chi connectivity index (χ0) is 12.5. The van der Waals surface area contributed by atoms with Gasteiger partial charge < -0.3 is 11.1 Å². The summed E-state index contributed by atoms with van der Waals surface area (Å²) in [5.74, 6) is 2.65. The summed E-state index contributed by atoms with van der Waals surface area (Å²) in [5, 5.41) is 6.89. The van der Waals surface area contributed by atoms with E-state index < -0.39 is 0 Å². The molecule has 2 aliphatic rings. The molecule has 1 heterocycles. The molecular weight excluding hydrogens is 230 g/mol. The fraction of sp³-hybridized carbons (Fsp3) is 0.750. The van der Waals surface area contributed by atoms with E-state index in [1.165, 1.54) is 36.7 Å². The Bertz CT molecular complexity index is 443. The van der Waals surface area contributed by atoms with E-state index in [2.05, 4.69) is 15.4 Å². The molecule has 1 aromatic heterocycles. The lowest BCUT2D eigenvalue weighted by molar-refractivity contribution is -0.122. The minimum absolute atomic E-state index is 0.0114. The standard InChI is InChI=1S/C12H19N5O/c13-12-15-7-17(16-12)6-11(18)14-5-10-4-8-1-2-9(10)3-8/h7-10H,1-6H2,(H2,13,16)(H,14,18). The van der Waals surface area contributed by atoms with Crippen LogP contribution in [0.3, 0.4) is 0 Å². The number of carbonyl (C=O) groups excluding carboxylic acids is 1. The molecular formula is C12H19N5O. The number of nitrogen functional groups attached to an aromatic ring is 1. The second-order valence-electron chi connectivity index (χ2n) is 5.54. The Morgan fingerprint density at radius 1 is 1.50 bits per heavy atom. The number of carbonyl (C=O) groups is 1. The Kier molecular flexibility index (Phi) is 2.93. The van der Waals surface area contributed by atoms with Crippen LogP contribution >= 0.6 is 0 Å². The number of nitrogens with zero attached hydrogens (tertiary/aromatic N) is 3. The van der Waals surface area contributed by atoms with E-state index in [0.29, 0.717) is 5.92 Å². The lowest BCUT2D eigenvalue weighted by Crippen LogP contribution is -2.34. The second-order valence-corrected chi connectivity index (χ2v) is 5.54. The molecule has 0 spiro atoms. The van der Waals surface area contributed by atoms with Gasteiger partial charge in [0.15, 0.2) is 0 Å². The molecule has 98 valence electrons. The van der Waals surface area contributed by atoms with E-state index in [1.54, 1.807) is 0 Å². The number of hydrogen-bond donors (Lipinski definition) is 2. The lowest BCUT2D eigenvalue weighted by atomic mass is 9.89. The molecule has 3 N–H and O–H groups in total. The molecule has 2 aliphatic carbocycles. The maximum absolute atomic E-state index is 11.7. The van der Waals surface area contributed by atoms with Crippen LogP contribution in [-0.4, -0.2) is 27.2 Å². The van der Waals surface area contributed by atoms with E-state index in [9.17, 15) is 4.79 Å². The summed E-state index contributed by atoms with van der Waals surface area (Å²) < 4.78 is 1.46. The topological polar surface area (TPSA) is 85.8 Å². The molecule has 3 atom stereocenters. The number of nitrogens with one attached hydrogen (secondary N) is 1. The van der Waals surface area contributed by atoms with E-state index in [4.69, 9.17) is 5.73 Å². The summed E-state index contributed by atoms with van der Waals surface area (Å²) in [6.07, 6.45) is 6.89. The second kappa shape index (κ2) is 4.59. The molecule has 0 saturated heterocycles. The SMILES string of the molecule is Nc1ncn(CC(=O)NCC2CC3CCC2C3)n1. The van der Waals surface area contributed by atoms with Gasteiger partial charge in [-0.3, -0.25) is 4.79 Å². The van der Waals surface area contributed by atoms with Gasteiger partial charge in [0.2, 0.25) is 11.9 Å². The molecule has 0 aliphatic heterocycles. The highest BCUT2D eigenvalue weighted by molar-refractivity contribution is 5.75. The predicted octanol–water partition coefficient (Wildman–Crippen LogP) is 0.413. The average molecular weight is 249 g/mol. The number of anilines is 1. The van der Waals surface area contributed by atoms with Gasteiger partial charge in [0.05, 0.1) is 0 Å². The van der Waals surface area contributed by atoms with E-state index in [1.807, 2.05) is 0 Å². The van der Waals surface area contributed by atoms with Crippen molar-refractivity contribution in [2.75, 3.05) is 12.3 Å². The minimum Gasteiger partial charge on any atom is -0.367 e. The van der Waals surface area contributed by atoms with Crippen LogP contribution in [0.4, 0.5) is 5.95 Å². The first-order valence-corrected chi connectivity index (χ1v) is 6.62. The fourth-order valence-electron chi connectivity index (χ4n) is 3.46. The van der Waals surface area contributed by atoms with Crippen LogP contribution in [0, 0.1) is 17.8 Å². The molecule has 18 heavy (non-hydrogen) atoms. The van der Waals surface area contributed by atoms with E-state index >= 15 is 0 Å². The smallest absolute Gasteiger partial charge is 0.241 e. The van der Waals surface area contributed by atoms with Gasteiger partial charge in [-0.2, -0.15) is 0 Å². The Balaban J connectivity index is 1.44. The molecule has 2 fully saturated rings. The van der Waals surface area contributed by atoms with Crippen LogP contribution < -0.4 is 11.1 Å². The number of hydrogen-bond acceptors (Lipinski definition) is 4. The largest absolute Gasteiger partial charge is 0.367 e. The first-order valence-electron chi connectivity index (χ1n) is 6.62. The zero-order valence-electron chi connectivity index (χ0n) is 10.4. The predicted molar refractivity (Wildman–Crippen MR) is 66.4 cm³/mol. The van der Waals surface area contributed by atoms with Gasteiger partial charge in [-0.15, -0.1) is 5.10 Å².